The summed E-state index contributed by atoms with van der Waals surface area (Å²) in [7, 11) is -3.33. The topological polar surface area (TPSA) is 150 Å². The van der Waals surface area contributed by atoms with Crippen LogP contribution in [0.5, 0.6) is 0 Å². The molecule has 0 bridgehead atoms. The normalized spacial score (nSPS) is 13.7. The summed E-state index contributed by atoms with van der Waals surface area (Å²) >= 11 is 0. The van der Waals surface area contributed by atoms with Crippen LogP contribution in [-0.4, -0.2) is 64.0 Å². The van der Waals surface area contributed by atoms with Crippen LogP contribution in [0.15, 0.2) is 24.3 Å². The lowest BCUT2D eigenvalue weighted by Gasteiger charge is -2.20. The molecule has 0 unspecified atom stereocenters. The molecule has 4 N–H and O–H groups in total. The average molecular weight is 484 g/mol. The third-order valence-corrected chi connectivity index (χ3v) is 5.55. The minimum atomic E-state index is -3.33. The molecule has 0 saturated heterocycles. The molecule has 0 radical (unpaired) electrons. The summed E-state index contributed by atoms with van der Waals surface area (Å²) in [6, 6.07) is 5.69. The number of aliphatic carboxylic acids is 1. The smallest absolute Gasteiger partial charge is 0.305 e. The van der Waals surface area contributed by atoms with E-state index in [4.69, 9.17) is 5.11 Å². The van der Waals surface area contributed by atoms with Gasteiger partial charge in [-0.05, 0) is 49.4 Å². The van der Waals surface area contributed by atoms with E-state index in [1.54, 1.807) is 12.1 Å². The number of hydrogen-bond donors (Lipinski definition) is 4. The number of rotatable bonds is 12. The zero-order valence-corrected chi connectivity index (χ0v) is 19.6. The van der Waals surface area contributed by atoms with E-state index in [0.29, 0.717) is 28.9 Å². The van der Waals surface area contributed by atoms with E-state index in [9.17, 15) is 27.8 Å². The Bertz CT molecular complexity index is 1060. The summed E-state index contributed by atoms with van der Waals surface area (Å²) in [5.74, 6) is -1.88. The van der Waals surface area contributed by atoms with Gasteiger partial charge >= 0.3 is 5.97 Å². The van der Waals surface area contributed by atoms with E-state index in [2.05, 4.69) is 15.3 Å². The van der Waals surface area contributed by atoms with Crippen molar-refractivity contribution in [1.29, 1.82) is 0 Å². The predicted molar refractivity (Wildman–Crippen MR) is 122 cm³/mol. The molecule has 0 aliphatic heterocycles. The van der Waals surface area contributed by atoms with Crippen molar-refractivity contribution < 1.29 is 32.9 Å². The first kappa shape index (κ1) is 26.6. The van der Waals surface area contributed by atoms with E-state index < -0.39 is 40.3 Å². The van der Waals surface area contributed by atoms with Crippen LogP contribution in [0.3, 0.4) is 0 Å². The number of benzene rings is 1. The van der Waals surface area contributed by atoms with Gasteiger partial charge in [-0.1, -0.05) is 13.8 Å². The number of aliphatic hydroxyl groups excluding tert-OH is 2. The quantitative estimate of drug-likeness (QED) is 0.357. The zero-order valence-electron chi connectivity index (χ0n) is 18.8. The Morgan fingerprint density at radius 2 is 1.76 bits per heavy atom. The van der Waals surface area contributed by atoms with Gasteiger partial charge in [0.25, 0.3) is 0 Å². The molecule has 1 heterocycles. The van der Waals surface area contributed by atoms with Gasteiger partial charge < -0.3 is 20.6 Å². The van der Waals surface area contributed by atoms with E-state index in [1.165, 1.54) is 12.1 Å². The number of carboxylic acid groups (broad SMARTS) is 1. The monoisotopic (exact) mass is 483 g/mol. The Morgan fingerprint density at radius 3 is 2.30 bits per heavy atom. The van der Waals surface area contributed by atoms with Crippen molar-refractivity contribution in [2.45, 2.75) is 57.7 Å². The summed E-state index contributed by atoms with van der Waals surface area (Å²) in [5, 5.41) is 31.6. The Morgan fingerprint density at radius 1 is 1.12 bits per heavy atom. The van der Waals surface area contributed by atoms with Crippen molar-refractivity contribution in [3.05, 3.63) is 41.3 Å². The lowest BCUT2D eigenvalue weighted by Crippen LogP contribution is -2.21. The van der Waals surface area contributed by atoms with E-state index in [1.807, 2.05) is 13.8 Å². The highest BCUT2D eigenvalue weighted by Gasteiger charge is 2.21. The summed E-state index contributed by atoms with van der Waals surface area (Å²) < 4.78 is 36.6. The van der Waals surface area contributed by atoms with Crippen molar-refractivity contribution in [3.63, 3.8) is 0 Å². The van der Waals surface area contributed by atoms with Crippen LogP contribution < -0.4 is 5.32 Å². The minimum Gasteiger partial charge on any atom is -0.481 e. The minimum absolute atomic E-state index is 0.0734. The molecule has 0 saturated carbocycles. The van der Waals surface area contributed by atoms with Gasteiger partial charge in [0.2, 0.25) is 5.95 Å². The van der Waals surface area contributed by atoms with Crippen molar-refractivity contribution >= 4 is 21.8 Å². The summed E-state index contributed by atoms with van der Waals surface area (Å²) in [6.45, 7) is 3.82. The molecular formula is C22H30FN3O6S. The number of sulfone groups is 1. The van der Waals surface area contributed by atoms with Gasteiger partial charge in [0.15, 0.2) is 9.84 Å². The lowest BCUT2D eigenvalue weighted by molar-refractivity contribution is -0.139. The highest BCUT2D eigenvalue weighted by molar-refractivity contribution is 7.90. The molecule has 2 aromatic rings. The maximum atomic E-state index is 13.5. The molecule has 11 heteroatoms. The molecule has 0 aliphatic carbocycles. The van der Waals surface area contributed by atoms with Gasteiger partial charge in [0, 0.05) is 17.4 Å². The van der Waals surface area contributed by atoms with E-state index >= 15 is 0 Å². The maximum Gasteiger partial charge on any atom is 0.305 e. The largest absolute Gasteiger partial charge is 0.481 e. The molecule has 182 valence electrons. The molecule has 0 aliphatic rings. The van der Waals surface area contributed by atoms with Gasteiger partial charge in [-0.2, -0.15) is 0 Å². The first-order valence-corrected chi connectivity index (χ1v) is 12.6. The Hall–Kier alpha value is -2.63. The number of hydrogen-bond acceptors (Lipinski definition) is 8. The van der Waals surface area contributed by atoms with Crippen LogP contribution in [0.25, 0.3) is 11.3 Å². The van der Waals surface area contributed by atoms with Crippen LogP contribution in [-0.2, 0) is 21.1 Å². The summed E-state index contributed by atoms with van der Waals surface area (Å²) in [5.41, 5.74) is 2.41. The molecule has 0 fully saturated rings. The van der Waals surface area contributed by atoms with Crippen molar-refractivity contribution in [2.75, 3.05) is 17.4 Å². The summed E-state index contributed by atoms with van der Waals surface area (Å²) in [4.78, 5) is 19.7. The average Bonchev–Trinajstić information content (AvgIpc) is 2.69. The molecule has 0 amide bonds. The van der Waals surface area contributed by atoms with Gasteiger partial charge in [0.05, 0.1) is 30.0 Å². The third kappa shape index (κ3) is 8.67. The number of halogens is 1. The van der Waals surface area contributed by atoms with Crippen LogP contribution in [0, 0.1) is 5.82 Å². The number of nitrogens with one attached hydrogen (secondary N) is 1. The maximum absolute atomic E-state index is 13.5. The number of aromatic nitrogens is 2. The first-order valence-electron chi connectivity index (χ1n) is 10.5. The first-order chi connectivity index (χ1) is 15.4. The molecule has 2 rings (SSSR count). The SMILES string of the molecule is CC(C)c1nc(NCS(C)(=O)=O)nc(-c2ccc(F)cc2)c1CC[C@@H](O)C[C@@H](O)CC(=O)O. The second-order valence-electron chi connectivity index (χ2n) is 8.35. The van der Waals surface area contributed by atoms with Crippen LogP contribution in [0.1, 0.15) is 50.3 Å². The Balaban J connectivity index is 2.41. The molecular weight excluding hydrogens is 453 g/mol. The Kier molecular flexibility index (Phi) is 9.26. The molecule has 1 aromatic heterocycles. The highest BCUT2D eigenvalue weighted by atomic mass is 32.2. The zero-order chi connectivity index (χ0) is 24.8. The predicted octanol–water partition coefficient (Wildman–Crippen LogP) is 2.34. The Labute approximate surface area is 192 Å². The highest BCUT2D eigenvalue weighted by Crippen LogP contribution is 2.31. The number of nitrogens with zero attached hydrogens (tertiary/aromatic N) is 2. The van der Waals surface area contributed by atoms with Gasteiger partial charge in [-0.25, -0.2) is 22.8 Å². The van der Waals surface area contributed by atoms with Crippen LogP contribution in [0.2, 0.25) is 0 Å². The third-order valence-electron chi connectivity index (χ3n) is 4.88. The van der Waals surface area contributed by atoms with Crippen LogP contribution >= 0.6 is 0 Å². The van der Waals surface area contributed by atoms with Crippen LogP contribution in [0.4, 0.5) is 10.3 Å². The number of carbonyl (C=O) groups is 1. The number of aliphatic hydroxyl groups is 2. The molecule has 33 heavy (non-hydrogen) atoms. The number of anilines is 1. The fraction of sp³-hybridized carbons (Fsp3) is 0.500. The molecule has 0 spiro atoms. The lowest BCUT2D eigenvalue weighted by atomic mass is 9.93. The fourth-order valence-electron chi connectivity index (χ4n) is 3.37. The fourth-order valence-corrected chi connectivity index (χ4v) is 3.77. The number of carboxylic acids is 1. The van der Waals surface area contributed by atoms with Gasteiger partial charge in [0.1, 0.15) is 11.7 Å². The van der Waals surface area contributed by atoms with Crippen molar-refractivity contribution in [2.24, 2.45) is 0 Å². The van der Waals surface area contributed by atoms with Gasteiger partial charge in [-0.15, -0.1) is 0 Å². The van der Waals surface area contributed by atoms with Gasteiger partial charge in [-0.3, -0.25) is 4.79 Å². The molecule has 9 nitrogen and oxygen atoms in total. The van der Waals surface area contributed by atoms with E-state index in [0.717, 1.165) is 6.26 Å². The van der Waals surface area contributed by atoms with Crippen molar-refractivity contribution in [3.8, 4) is 11.3 Å². The standard InChI is InChI=1S/C22H30FN3O6S/c1-13(2)20-18(9-8-16(27)10-17(28)11-19(29)30)21(14-4-6-15(23)7-5-14)26-22(25-20)24-12-33(3,31)32/h4-7,13,16-17,27-28H,8-12H2,1-3H3,(H,29,30)(H,24,25,26)/t16-,17-/m1/s1. The summed E-state index contributed by atoms with van der Waals surface area (Å²) in [6.07, 6.45) is -1.07. The molecule has 2 atom stereocenters. The second-order valence-corrected chi connectivity index (χ2v) is 10.5. The second kappa shape index (κ2) is 11.5. The van der Waals surface area contributed by atoms with E-state index in [-0.39, 0.29) is 30.6 Å². The van der Waals surface area contributed by atoms with Crippen molar-refractivity contribution in [1.82, 2.24) is 9.97 Å². The molecule has 1 aromatic carbocycles.